The van der Waals surface area contributed by atoms with Crippen molar-refractivity contribution in [3.63, 3.8) is 0 Å². The molecule has 6 aromatic rings. The van der Waals surface area contributed by atoms with Gasteiger partial charge in [0.15, 0.2) is 0 Å². The molecule has 0 aliphatic heterocycles. The van der Waals surface area contributed by atoms with Gasteiger partial charge in [0, 0.05) is 65.4 Å². The number of rotatable bonds is 4. The number of pyridine rings is 2. The fourth-order valence-electron chi connectivity index (χ4n) is 3.64. The van der Waals surface area contributed by atoms with Gasteiger partial charge in [0.2, 0.25) is 0 Å². The van der Waals surface area contributed by atoms with Gasteiger partial charge in [0.05, 0.1) is 37.3 Å². The largest absolute Gasteiger partial charge is 0.574 e. The van der Waals surface area contributed by atoms with Crippen LogP contribution in [0.2, 0.25) is 0 Å². The first-order chi connectivity index (χ1) is 21.5. The fraction of sp³-hybridized carbons (Fsp3) is 0.176. The van der Waals surface area contributed by atoms with Crippen molar-refractivity contribution >= 4 is 26.5 Å². The summed E-state index contributed by atoms with van der Waals surface area (Å²) in [5.74, 6) is 0. The molecule has 0 fully saturated rings. The first-order valence-electron chi connectivity index (χ1n) is 14.1. The van der Waals surface area contributed by atoms with Crippen LogP contribution in [-0.2, 0) is 26.3 Å². The molecule has 243 valence electrons. The maximum absolute atomic E-state index is 12.2. The van der Waals surface area contributed by atoms with Crippen LogP contribution in [0.25, 0.3) is 22.8 Å². The molecule has 6 rings (SSSR count). The van der Waals surface area contributed by atoms with Gasteiger partial charge in [-0.2, -0.15) is 13.2 Å². The van der Waals surface area contributed by atoms with E-state index in [0.717, 1.165) is 23.1 Å². The van der Waals surface area contributed by atoms with Crippen LogP contribution in [0.1, 0.15) is 11.4 Å². The van der Waals surface area contributed by atoms with Gasteiger partial charge in [-0.25, -0.2) is 0 Å². The van der Waals surface area contributed by atoms with E-state index in [1.165, 1.54) is 16.8 Å². The first-order valence-corrected chi connectivity index (χ1v) is 19.1. The Balaban J connectivity index is 0.000000217. The number of halogens is 3. The molecule has 0 unspecified atom stereocenters. The summed E-state index contributed by atoms with van der Waals surface area (Å²) in [6, 6.07) is 34.8. The van der Waals surface area contributed by atoms with E-state index in [1.54, 1.807) is 24.4 Å². The zero-order valence-corrected chi connectivity index (χ0v) is 30.6. The number of nitrogens with zero attached hydrogens (tertiary/aromatic N) is 6. The SMILES string of the molecule is C[PH+](C)c1ccccc1.C[PH+](C)c1ccccc1.Cc1cc(-c2ccccn2)[n-]n1.FC(F)(F)c1cc(-c2ccccn2)[n-]n1.[Ir]. The first kappa shape index (κ1) is 38.6. The summed E-state index contributed by atoms with van der Waals surface area (Å²) in [7, 11) is -0.424. The quantitative estimate of drug-likeness (QED) is 0.177. The molecule has 12 heteroatoms. The van der Waals surface area contributed by atoms with E-state index in [-0.39, 0.29) is 41.6 Å². The summed E-state index contributed by atoms with van der Waals surface area (Å²) >= 11 is 0. The minimum absolute atomic E-state index is 0. The van der Waals surface area contributed by atoms with Crippen LogP contribution < -0.4 is 20.8 Å². The third-order valence-corrected chi connectivity index (χ3v) is 9.02. The van der Waals surface area contributed by atoms with Gasteiger partial charge in [-0.05, 0) is 61.5 Å². The van der Waals surface area contributed by atoms with E-state index < -0.39 is 11.9 Å². The summed E-state index contributed by atoms with van der Waals surface area (Å²) in [5.41, 5.74) is 2.15. The van der Waals surface area contributed by atoms with Gasteiger partial charge in [-0.1, -0.05) is 66.0 Å². The molecule has 0 atom stereocenters. The standard InChI is InChI=1S/C9H5F3N3.C9H8N3.2C8H11P.Ir/c10-9(11,12)8-5-7(14-15-8)6-3-1-2-4-13-6;1-7-6-9(12-11-7)8-4-2-3-5-10-8;2*1-9(2)8-6-4-3-5-7-8;/h1-5H;2-6H,1H3;2*3-7H,1-2H3;/q2*-1;;;/p+2. The normalized spacial score (nSPS) is 10.4. The van der Waals surface area contributed by atoms with Gasteiger partial charge in [0.1, 0.15) is 5.69 Å². The zero-order valence-electron chi connectivity index (χ0n) is 26.2. The molecule has 0 aliphatic rings. The van der Waals surface area contributed by atoms with E-state index in [1.807, 2.05) is 31.2 Å². The smallest absolute Gasteiger partial charge is 0.431 e. The average Bonchev–Trinajstić information content (AvgIpc) is 3.74. The van der Waals surface area contributed by atoms with Crippen molar-refractivity contribution in [2.45, 2.75) is 13.1 Å². The van der Waals surface area contributed by atoms with E-state index in [0.29, 0.717) is 5.69 Å². The topological polar surface area (TPSA) is 79.8 Å². The van der Waals surface area contributed by atoms with Crippen LogP contribution in [0.4, 0.5) is 13.2 Å². The number of benzene rings is 2. The van der Waals surface area contributed by atoms with Crippen LogP contribution in [0, 0.1) is 6.92 Å². The van der Waals surface area contributed by atoms with Crippen molar-refractivity contribution < 1.29 is 33.3 Å². The van der Waals surface area contributed by atoms with Crippen LogP contribution in [0.5, 0.6) is 0 Å². The minimum Gasteiger partial charge on any atom is -0.574 e. The zero-order chi connectivity index (χ0) is 32.7. The molecular weight excluding hydrogens is 804 g/mol. The molecule has 0 N–H and O–H groups in total. The predicted octanol–water partition coefficient (Wildman–Crippen LogP) is 7.10. The van der Waals surface area contributed by atoms with Crippen molar-refractivity contribution in [1.82, 2.24) is 30.4 Å². The number of alkyl halides is 3. The number of aryl methyl sites for hydroxylation is 1. The average molecular weight is 841 g/mol. The van der Waals surface area contributed by atoms with Crippen LogP contribution in [0.15, 0.2) is 122 Å². The van der Waals surface area contributed by atoms with Gasteiger partial charge in [-0.15, -0.1) is 0 Å². The van der Waals surface area contributed by atoms with Crippen LogP contribution in [-0.4, -0.2) is 46.8 Å². The van der Waals surface area contributed by atoms with Gasteiger partial charge >= 0.3 is 6.18 Å². The second-order valence-corrected chi connectivity index (χ2v) is 15.3. The van der Waals surface area contributed by atoms with E-state index in [9.17, 15) is 13.2 Å². The van der Waals surface area contributed by atoms with Gasteiger partial charge < -0.3 is 20.4 Å². The monoisotopic (exact) mass is 841 g/mol. The summed E-state index contributed by atoms with van der Waals surface area (Å²) in [4.78, 5) is 8.03. The maximum atomic E-state index is 12.2. The van der Waals surface area contributed by atoms with Crippen molar-refractivity contribution in [3.8, 4) is 22.8 Å². The third kappa shape index (κ3) is 13.4. The molecule has 0 bridgehead atoms. The Morgan fingerprint density at radius 1 is 0.565 bits per heavy atom. The molecule has 0 saturated carbocycles. The van der Waals surface area contributed by atoms with Crippen LogP contribution >= 0.6 is 15.8 Å². The third-order valence-electron chi connectivity index (χ3n) is 6.05. The summed E-state index contributed by atoms with van der Waals surface area (Å²) < 4.78 is 36.6. The molecule has 1 radical (unpaired) electrons. The van der Waals surface area contributed by atoms with Crippen molar-refractivity contribution in [1.29, 1.82) is 0 Å². The Morgan fingerprint density at radius 3 is 1.28 bits per heavy atom. The molecule has 46 heavy (non-hydrogen) atoms. The van der Waals surface area contributed by atoms with Crippen molar-refractivity contribution in [2.75, 3.05) is 26.7 Å². The van der Waals surface area contributed by atoms with Crippen molar-refractivity contribution in [3.05, 3.63) is 133 Å². The Kier molecular flexibility index (Phi) is 16.7. The van der Waals surface area contributed by atoms with Crippen LogP contribution in [0.3, 0.4) is 0 Å². The number of hydrogen-bond donors (Lipinski definition) is 0. The summed E-state index contributed by atoms with van der Waals surface area (Å²) in [5, 5.41) is 17.4. The molecule has 0 aliphatic carbocycles. The number of hydrogen-bond acceptors (Lipinski definition) is 4. The molecule has 4 heterocycles. The predicted molar refractivity (Wildman–Crippen MR) is 184 cm³/mol. The second kappa shape index (κ2) is 19.9. The number of aromatic nitrogens is 6. The molecule has 0 amide bonds. The van der Waals surface area contributed by atoms with E-state index >= 15 is 0 Å². The van der Waals surface area contributed by atoms with Gasteiger partial charge in [0.25, 0.3) is 0 Å². The van der Waals surface area contributed by atoms with Crippen molar-refractivity contribution in [2.24, 2.45) is 0 Å². The molecule has 4 aromatic heterocycles. The molecule has 0 saturated heterocycles. The molecule has 6 nitrogen and oxygen atoms in total. The van der Waals surface area contributed by atoms with E-state index in [2.05, 4.69) is 118 Å². The van der Waals surface area contributed by atoms with Gasteiger partial charge in [-0.3, -0.25) is 9.97 Å². The molecule has 0 spiro atoms. The Labute approximate surface area is 284 Å². The second-order valence-electron chi connectivity index (χ2n) is 10.1. The Morgan fingerprint density at radius 2 is 0.978 bits per heavy atom. The minimum atomic E-state index is -4.46. The maximum Gasteiger partial charge on any atom is 0.431 e. The molecular formula is C34H37F3IrN6P2. The Bertz CT molecular complexity index is 1600. The van der Waals surface area contributed by atoms with E-state index in [4.69, 9.17) is 0 Å². The Hall–Kier alpha value is -3.54. The summed E-state index contributed by atoms with van der Waals surface area (Å²) in [6.45, 7) is 11.1. The fourth-order valence-corrected chi connectivity index (χ4v) is 5.36. The molecule has 2 aromatic carbocycles. The summed E-state index contributed by atoms with van der Waals surface area (Å²) in [6.07, 6.45) is -1.23.